The molecule has 0 saturated heterocycles. The maximum absolute atomic E-state index is 13.3. The number of carboxylic acids is 1. The summed E-state index contributed by atoms with van der Waals surface area (Å²) in [5.74, 6) is 2.90. The van der Waals surface area contributed by atoms with E-state index in [-0.39, 0.29) is 12.0 Å². The van der Waals surface area contributed by atoms with Crippen LogP contribution in [0.1, 0.15) is 71.6 Å². The third-order valence-electron chi connectivity index (χ3n) is 8.25. The molecule has 1 fully saturated rings. The third-order valence-corrected chi connectivity index (χ3v) is 9.27. The van der Waals surface area contributed by atoms with E-state index in [2.05, 4.69) is 30.4 Å². The van der Waals surface area contributed by atoms with Crippen molar-refractivity contribution >= 4 is 23.6 Å². The quantitative estimate of drug-likeness (QED) is 0.211. The fourth-order valence-electron chi connectivity index (χ4n) is 5.81. The van der Waals surface area contributed by atoms with E-state index in [0.717, 1.165) is 52.5 Å². The minimum Gasteiger partial charge on any atom is -0.493 e. The van der Waals surface area contributed by atoms with E-state index >= 15 is 0 Å². The first kappa shape index (κ1) is 30.2. The molecular formula is C35H41NO5S. The van der Waals surface area contributed by atoms with Gasteiger partial charge < -0.3 is 19.9 Å². The van der Waals surface area contributed by atoms with Gasteiger partial charge in [-0.1, -0.05) is 62.7 Å². The number of ether oxygens (including phenoxy) is 2. The molecule has 1 aliphatic heterocycles. The van der Waals surface area contributed by atoms with Gasteiger partial charge in [0.05, 0.1) is 19.3 Å². The molecule has 5 rings (SSSR count). The van der Waals surface area contributed by atoms with Crippen LogP contribution in [-0.4, -0.2) is 47.2 Å². The highest BCUT2D eigenvalue weighted by molar-refractivity contribution is 7.99. The van der Waals surface area contributed by atoms with Gasteiger partial charge in [-0.15, -0.1) is 0 Å². The molecule has 0 radical (unpaired) electrons. The second-order valence-corrected chi connectivity index (χ2v) is 12.7. The van der Waals surface area contributed by atoms with E-state index in [1.165, 1.54) is 17.5 Å². The molecule has 3 aromatic rings. The van der Waals surface area contributed by atoms with Gasteiger partial charge in [0.1, 0.15) is 11.8 Å². The molecular weight excluding hydrogens is 546 g/mol. The lowest BCUT2D eigenvalue weighted by Crippen LogP contribution is -2.40. The van der Waals surface area contributed by atoms with E-state index in [0.29, 0.717) is 36.8 Å². The van der Waals surface area contributed by atoms with Gasteiger partial charge in [-0.3, -0.25) is 4.79 Å². The van der Waals surface area contributed by atoms with Gasteiger partial charge in [-0.25, -0.2) is 4.79 Å². The molecule has 2 unspecified atom stereocenters. The molecule has 1 amide bonds. The first-order valence-corrected chi connectivity index (χ1v) is 16.2. The summed E-state index contributed by atoms with van der Waals surface area (Å²) in [6.07, 6.45) is 3.15. The predicted molar refractivity (Wildman–Crippen MR) is 168 cm³/mol. The average Bonchev–Trinajstić information content (AvgIpc) is 3.79. The predicted octanol–water partition coefficient (Wildman–Crippen LogP) is 7.02. The number of carboxylic acid groups (broad SMARTS) is 1. The fraction of sp³-hybridized carbons (Fsp3) is 0.429. The van der Waals surface area contributed by atoms with Gasteiger partial charge in [0.2, 0.25) is 0 Å². The van der Waals surface area contributed by atoms with Crippen molar-refractivity contribution in [3.05, 3.63) is 88.5 Å². The number of carbonyl (C=O) groups excluding carboxylic acids is 1. The highest BCUT2D eigenvalue weighted by Gasteiger charge is 2.43. The normalized spacial score (nSPS) is 18.3. The van der Waals surface area contributed by atoms with Crippen molar-refractivity contribution in [2.45, 2.75) is 71.1 Å². The molecule has 6 nitrogen and oxygen atoms in total. The van der Waals surface area contributed by atoms with Gasteiger partial charge in [-0.05, 0) is 89.4 Å². The number of benzene rings is 3. The highest BCUT2D eigenvalue weighted by Crippen LogP contribution is 2.53. The Labute approximate surface area is 253 Å². The molecule has 1 saturated carbocycles. The Morgan fingerprint density at radius 3 is 2.64 bits per heavy atom. The number of amides is 1. The number of fused-ring (bicyclic) bond motifs is 3. The van der Waals surface area contributed by atoms with Gasteiger partial charge in [0.25, 0.3) is 5.91 Å². The van der Waals surface area contributed by atoms with Crippen LogP contribution in [0.4, 0.5) is 0 Å². The van der Waals surface area contributed by atoms with Crippen LogP contribution in [0.3, 0.4) is 0 Å². The van der Waals surface area contributed by atoms with Gasteiger partial charge >= 0.3 is 5.97 Å². The summed E-state index contributed by atoms with van der Waals surface area (Å²) >= 11 is 1.88. The van der Waals surface area contributed by atoms with Crippen LogP contribution in [0.5, 0.6) is 5.75 Å². The van der Waals surface area contributed by atoms with Crippen LogP contribution in [0, 0.1) is 12.8 Å². The molecule has 0 spiro atoms. The minimum absolute atomic E-state index is 0.0442. The van der Waals surface area contributed by atoms with Crippen LogP contribution < -0.4 is 10.1 Å². The van der Waals surface area contributed by atoms with Crippen molar-refractivity contribution in [2.24, 2.45) is 5.92 Å². The lowest BCUT2D eigenvalue weighted by atomic mass is 9.93. The Hall–Kier alpha value is -3.29. The summed E-state index contributed by atoms with van der Waals surface area (Å²) in [6, 6.07) is 19.4. The molecule has 0 aromatic heterocycles. The number of rotatable bonds is 14. The molecule has 2 aliphatic rings. The van der Waals surface area contributed by atoms with Gasteiger partial charge in [-0.2, -0.15) is 11.8 Å². The first-order chi connectivity index (χ1) is 20.4. The van der Waals surface area contributed by atoms with Crippen LogP contribution in [0.2, 0.25) is 0 Å². The molecule has 222 valence electrons. The summed E-state index contributed by atoms with van der Waals surface area (Å²) < 4.78 is 12.5. The van der Waals surface area contributed by atoms with Gasteiger partial charge in [0.15, 0.2) is 0 Å². The first-order valence-electron chi connectivity index (χ1n) is 15.0. The van der Waals surface area contributed by atoms with E-state index < -0.39 is 12.0 Å². The molecule has 7 heteroatoms. The molecule has 4 atom stereocenters. The van der Waals surface area contributed by atoms with E-state index in [1.807, 2.05) is 62.0 Å². The Morgan fingerprint density at radius 1 is 1.07 bits per heavy atom. The van der Waals surface area contributed by atoms with Crippen molar-refractivity contribution in [3.63, 3.8) is 0 Å². The SMILES string of the molecule is CCC[C@H](NC(=O)c1ccc(CO[C@@H](CSCC)Cc2ccc3c(c2)C2CC2CO3)cc1-c1ccccc1C)C(=O)O. The number of hydrogen-bond donors (Lipinski definition) is 2. The van der Waals surface area contributed by atoms with Crippen molar-refractivity contribution < 1.29 is 24.2 Å². The Bertz CT molecular complexity index is 1420. The maximum Gasteiger partial charge on any atom is 0.326 e. The third kappa shape index (κ3) is 7.19. The molecule has 0 bridgehead atoms. The Balaban J connectivity index is 1.35. The van der Waals surface area contributed by atoms with Crippen LogP contribution in [0.15, 0.2) is 60.7 Å². The lowest BCUT2D eigenvalue weighted by molar-refractivity contribution is -0.139. The topological polar surface area (TPSA) is 84.9 Å². The number of carbonyl (C=O) groups is 2. The zero-order valence-corrected chi connectivity index (χ0v) is 25.5. The number of thioether (sulfide) groups is 1. The van der Waals surface area contributed by atoms with Crippen LogP contribution in [-0.2, 0) is 22.6 Å². The number of hydrogen-bond acceptors (Lipinski definition) is 5. The maximum atomic E-state index is 13.3. The second-order valence-electron chi connectivity index (χ2n) is 11.4. The molecule has 3 aromatic carbocycles. The zero-order chi connectivity index (χ0) is 29.6. The largest absolute Gasteiger partial charge is 0.493 e. The van der Waals surface area contributed by atoms with E-state index in [4.69, 9.17) is 9.47 Å². The smallest absolute Gasteiger partial charge is 0.326 e. The summed E-state index contributed by atoms with van der Waals surface area (Å²) in [7, 11) is 0. The molecule has 42 heavy (non-hydrogen) atoms. The van der Waals surface area contributed by atoms with Crippen molar-refractivity contribution in [2.75, 3.05) is 18.1 Å². The van der Waals surface area contributed by atoms with Crippen molar-refractivity contribution in [1.29, 1.82) is 0 Å². The van der Waals surface area contributed by atoms with Crippen LogP contribution >= 0.6 is 11.8 Å². The highest BCUT2D eigenvalue weighted by atomic mass is 32.2. The molecule has 2 N–H and O–H groups in total. The summed E-state index contributed by atoms with van der Waals surface area (Å²) in [5, 5.41) is 12.3. The van der Waals surface area contributed by atoms with E-state index in [9.17, 15) is 14.7 Å². The monoisotopic (exact) mass is 587 g/mol. The Kier molecular flexibility index (Phi) is 9.91. The summed E-state index contributed by atoms with van der Waals surface area (Å²) in [6.45, 7) is 7.35. The number of aliphatic carboxylic acids is 1. The van der Waals surface area contributed by atoms with Crippen LogP contribution in [0.25, 0.3) is 11.1 Å². The summed E-state index contributed by atoms with van der Waals surface area (Å²) in [4.78, 5) is 25.1. The molecule has 1 aliphatic carbocycles. The minimum atomic E-state index is -1.02. The second kappa shape index (κ2) is 13.8. The Morgan fingerprint density at radius 2 is 1.88 bits per heavy atom. The van der Waals surface area contributed by atoms with Gasteiger partial charge in [0, 0.05) is 17.2 Å². The van der Waals surface area contributed by atoms with Crippen molar-refractivity contribution in [3.8, 4) is 16.9 Å². The zero-order valence-electron chi connectivity index (χ0n) is 24.7. The van der Waals surface area contributed by atoms with Crippen molar-refractivity contribution in [1.82, 2.24) is 5.32 Å². The summed E-state index contributed by atoms with van der Waals surface area (Å²) in [5.41, 5.74) is 6.83. The lowest BCUT2D eigenvalue weighted by Gasteiger charge is -2.21. The molecule has 1 heterocycles. The number of aryl methyl sites for hydroxylation is 1. The average molecular weight is 588 g/mol. The number of nitrogens with one attached hydrogen (secondary N) is 1. The van der Waals surface area contributed by atoms with E-state index in [1.54, 1.807) is 6.07 Å². The standard InChI is InChI=1S/C35H41NO5S/c1-4-8-32(35(38)39)36-34(37)28-13-11-24(17-30(28)27-10-7-6-9-22(27)3)19-40-26(21-42-5-2)15-23-12-14-33-31(16-23)29-18-25(29)20-41-33/h6-7,9-14,16-17,25-26,29,32H,4-5,8,15,18-21H2,1-3H3,(H,36,37)(H,38,39)/t25?,26-,29?,32+/m1/s1. The fourth-order valence-corrected chi connectivity index (χ4v) is 6.52.